The molecular formula is C21H19N5O3. The van der Waals surface area contributed by atoms with E-state index in [1.165, 1.54) is 6.07 Å². The molecule has 8 heteroatoms. The molecule has 2 bridgehead atoms. The third kappa shape index (κ3) is 3.02. The van der Waals surface area contributed by atoms with Crippen LogP contribution < -0.4 is 10.2 Å². The van der Waals surface area contributed by atoms with Gasteiger partial charge in [-0.1, -0.05) is 24.3 Å². The number of carbonyl (C=O) groups excluding carboxylic acids is 1. The molecule has 5 rings (SSSR count). The van der Waals surface area contributed by atoms with Gasteiger partial charge in [-0.25, -0.2) is 14.6 Å². The van der Waals surface area contributed by atoms with Gasteiger partial charge < -0.3 is 20.2 Å². The van der Waals surface area contributed by atoms with Crippen molar-refractivity contribution in [2.45, 2.75) is 18.5 Å². The Morgan fingerprint density at radius 3 is 2.52 bits per heavy atom. The van der Waals surface area contributed by atoms with E-state index in [9.17, 15) is 14.7 Å². The topological polar surface area (TPSA) is 98.7 Å². The summed E-state index contributed by atoms with van der Waals surface area (Å²) in [4.78, 5) is 37.3. The zero-order valence-electron chi connectivity index (χ0n) is 15.5. The molecule has 2 aliphatic heterocycles. The summed E-state index contributed by atoms with van der Waals surface area (Å²) < 4.78 is 0. The second-order valence-corrected chi connectivity index (χ2v) is 7.35. The van der Waals surface area contributed by atoms with Gasteiger partial charge in [-0.3, -0.25) is 4.98 Å². The van der Waals surface area contributed by atoms with Gasteiger partial charge in [-0.05, 0) is 30.7 Å². The maximum absolute atomic E-state index is 12.8. The van der Waals surface area contributed by atoms with Gasteiger partial charge in [0.25, 0.3) is 0 Å². The quantitative estimate of drug-likeness (QED) is 0.715. The van der Waals surface area contributed by atoms with Gasteiger partial charge >= 0.3 is 12.0 Å². The van der Waals surface area contributed by atoms with Crippen LogP contribution in [0.1, 0.15) is 16.8 Å². The Hall–Kier alpha value is -3.68. The molecule has 2 saturated heterocycles. The van der Waals surface area contributed by atoms with Crippen molar-refractivity contribution in [1.29, 1.82) is 0 Å². The Morgan fingerprint density at radius 1 is 1.00 bits per heavy atom. The number of nitrogens with one attached hydrogen (secondary N) is 1. The molecule has 1 aromatic heterocycles. The van der Waals surface area contributed by atoms with E-state index in [1.807, 2.05) is 24.3 Å². The molecule has 2 N–H and O–H groups in total. The zero-order valence-corrected chi connectivity index (χ0v) is 15.5. The number of aromatic nitrogens is 2. The molecular weight excluding hydrogens is 370 g/mol. The van der Waals surface area contributed by atoms with E-state index in [0.29, 0.717) is 18.8 Å². The van der Waals surface area contributed by atoms with E-state index in [1.54, 1.807) is 29.3 Å². The highest BCUT2D eigenvalue weighted by Crippen LogP contribution is 2.34. The van der Waals surface area contributed by atoms with Gasteiger partial charge in [0.1, 0.15) is 5.82 Å². The number of hydrogen-bond acceptors (Lipinski definition) is 5. The summed E-state index contributed by atoms with van der Waals surface area (Å²) in [6.07, 6.45) is 2.65. The molecule has 2 aliphatic rings. The van der Waals surface area contributed by atoms with Crippen LogP contribution in [0.4, 0.5) is 16.3 Å². The number of carbonyl (C=O) groups is 2. The van der Waals surface area contributed by atoms with Gasteiger partial charge in [0.05, 0.1) is 40.6 Å². The summed E-state index contributed by atoms with van der Waals surface area (Å²) in [6.45, 7) is 1.26. The minimum Gasteiger partial charge on any atom is -0.478 e. The van der Waals surface area contributed by atoms with E-state index in [-0.39, 0.29) is 23.7 Å². The molecule has 0 radical (unpaired) electrons. The van der Waals surface area contributed by atoms with Crippen LogP contribution in [0.15, 0.2) is 54.7 Å². The average molecular weight is 389 g/mol. The maximum atomic E-state index is 12.8. The van der Waals surface area contributed by atoms with Crippen molar-refractivity contribution < 1.29 is 14.7 Å². The first kappa shape index (κ1) is 17.4. The summed E-state index contributed by atoms with van der Waals surface area (Å²) in [5, 5.41) is 12.1. The molecule has 29 heavy (non-hydrogen) atoms. The number of urea groups is 1. The highest BCUT2D eigenvalue weighted by Gasteiger charge is 2.46. The van der Waals surface area contributed by atoms with Crippen LogP contribution in [0.25, 0.3) is 11.0 Å². The molecule has 2 amide bonds. The minimum absolute atomic E-state index is 0.0604. The molecule has 0 spiro atoms. The maximum Gasteiger partial charge on any atom is 0.337 e. The molecule has 2 atom stereocenters. The van der Waals surface area contributed by atoms with Gasteiger partial charge in [0.15, 0.2) is 0 Å². The Balaban J connectivity index is 1.31. The van der Waals surface area contributed by atoms with Crippen molar-refractivity contribution in [3.05, 3.63) is 60.3 Å². The number of amides is 2. The molecule has 0 unspecified atom stereocenters. The molecule has 2 aromatic carbocycles. The number of rotatable bonds is 3. The third-order valence-corrected chi connectivity index (χ3v) is 5.63. The largest absolute Gasteiger partial charge is 0.478 e. The summed E-state index contributed by atoms with van der Waals surface area (Å²) >= 11 is 0. The molecule has 146 valence electrons. The van der Waals surface area contributed by atoms with Crippen LogP contribution >= 0.6 is 0 Å². The predicted octanol–water partition coefficient (Wildman–Crippen LogP) is 2.82. The number of benzene rings is 2. The fourth-order valence-corrected chi connectivity index (χ4v) is 4.25. The Kier molecular flexibility index (Phi) is 4.04. The summed E-state index contributed by atoms with van der Waals surface area (Å²) in [5.41, 5.74) is 2.11. The number of anilines is 2. The fraction of sp³-hybridized carbons (Fsp3) is 0.238. The second-order valence-electron chi connectivity index (χ2n) is 7.35. The summed E-state index contributed by atoms with van der Waals surface area (Å²) in [5.74, 6) is -0.239. The fourth-order valence-electron chi connectivity index (χ4n) is 4.25. The number of fused-ring (bicyclic) bond motifs is 3. The SMILES string of the molecule is O=C(O)c1ccccc1NC(=O)N1C[C@@H]2C[C@H]1CN2c1cnc2ccccc2n1. The Labute approximate surface area is 166 Å². The normalized spacial score (nSPS) is 20.3. The third-order valence-electron chi connectivity index (χ3n) is 5.63. The lowest BCUT2D eigenvalue weighted by atomic mass is 10.2. The molecule has 8 nitrogen and oxygen atoms in total. The van der Waals surface area contributed by atoms with Gasteiger partial charge in [-0.2, -0.15) is 0 Å². The van der Waals surface area contributed by atoms with Crippen LogP contribution in [-0.4, -0.2) is 57.1 Å². The van der Waals surface area contributed by atoms with E-state index in [2.05, 4.69) is 15.2 Å². The first-order valence-electron chi connectivity index (χ1n) is 9.48. The lowest BCUT2D eigenvalue weighted by Gasteiger charge is -2.34. The van der Waals surface area contributed by atoms with E-state index in [0.717, 1.165) is 23.3 Å². The molecule has 3 heterocycles. The van der Waals surface area contributed by atoms with Crippen molar-refractivity contribution >= 4 is 34.5 Å². The number of carboxylic acid groups (broad SMARTS) is 1. The minimum atomic E-state index is -1.06. The summed E-state index contributed by atoms with van der Waals surface area (Å²) in [6, 6.07) is 14.2. The standard InChI is InChI=1S/C21H19N5O3/c27-20(28)15-5-1-2-6-16(15)24-21(29)26-12-13-9-14(26)11-25(13)19-10-22-17-7-3-4-8-18(17)23-19/h1-8,10,13-14H,9,11-12H2,(H,24,29)(H,27,28)/t13-,14-/m0/s1. The Bertz CT molecular complexity index is 1120. The number of aromatic carboxylic acids is 1. The summed E-state index contributed by atoms with van der Waals surface area (Å²) in [7, 11) is 0. The van der Waals surface area contributed by atoms with Crippen molar-refractivity contribution in [2.75, 3.05) is 23.3 Å². The van der Waals surface area contributed by atoms with E-state index in [4.69, 9.17) is 4.98 Å². The first-order valence-corrected chi connectivity index (χ1v) is 9.48. The predicted molar refractivity (Wildman–Crippen MR) is 108 cm³/mol. The molecule has 2 fully saturated rings. The van der Waals surface area contributed by atoms with Crippen LogP contribution in [0.2, 0.25) is 0 Å². The monoisotopic (exact) mass is 389 g/mol. The molecule has 0 aliphatic carbocycles. The number of para-hydroxylation sites is 3. The van der Waals surface area contributed by atoms with Crippen molar-refractivity contribution in [2.24, 2.45) is 0 Å². The lowest BCUT2D eigenvalue weighted by molar-refractivity contribution is 0.0698. The smallest absolute Gasteiger partial charge is 0.337 e. The number of likely N-dealkylation sites (tertiary alicyclic amines) is 1. The lowest BCUT2D eigenvalue weighted by Crippen LogP contribution is -2.50. The number of nitrogens with zero attached hydrogens (tertiary/aromatic N) is 4. The van der Waals surface area contributed by atoms with E-state index >= 15 is 0 Å². The van der Waals surface area contributed by atoms with Crippen molar-refractivity contribution in [3.8, 4) is 0 Å². The number of hydrogen-bond donors (Lipinski definition) is 2. The first-order chi connectivity index (χ1) is 14.1. The van der Waals surface area contributed by atoms with Crippen LogP contribution in [0.3, 0.4) is 0 Å². The van der Waals surface area contributed by atoms with Gasteiger partial charge in [-0.15, -0.1) is 0 Å². The zero-order chi connectivity index (χ0) is 20.0. The number of carboxylic acids is 1. The van der Waals surface area contributed by atoms with Gasteiger partial charge in [0.2, 0.25) is 0 Å². The van der Waals surface area contributed by atoms with Crippen LogP contribution in [0.5, 0.6) is 0 Å². The Morgan fingerprint density at radius 2 is 1.76 bits per heavy atom. The molecule has 0 saturated carbocycles. The van der Waals surface area contributed by atoms with E-state index < -0.39 is 5.97 Å². The van der Waals surface area contributed by atoms with Crippen molar-refractivity contribution in [3.63, 3.8) is 0 Å². The van der Waals surface area contributed by atoms with Gasteiger partial charge in [0, 0.05) is 13.1 Å². The van der Waals surface area contributed by atoms with Crippen LogP contribution in [0, 0.1) is 0 Å². The highest BCUT2D eigenvalue weighted by molar-refractivity contribution is 6.00. The van der Waals surface area contributed by atoms with Crippen molar-refractivity contribution in [1.82, 2.24) is 14.9 Å². The average Bonchev–Trinajstić information content (AvgIpc) is 3.35. The van der Waals surface area contributed by atoms with Crippen LogP contribution in [-0.2, 0) is 0 Å². The highest BCUT2D eigenvalue weighted by atomic mass is 16.4. The molecule has 3 aromatic rings. The number of piperazine rings is 1. The second kappa shape index (κ2) is 6.73.